The highest BCUT2D eigenvalue weighted by atomic mass is 16.6. The minimum atomic E-state index is -1.03. The normalized spacial score (nSPS) is 31.1. The fourth-order valence-corrected chi connectivity index (χ4v) is 6.67. The average Bonchev–Trinajstić information content (AvgIpc) is 3.36. The molecule has 1 aliphatic carbocycles. The van der Waals surface area contributed by atoms with Gasteiger partial charge in [0.1, 0.15) is 5.75 Å². The standard InChI is InChI=1S/C27H36N2O5/c1-19-7-5-6-8-20(19)33-17-21(30)28-14-11-26(12-15-28)13-16-29(18-26)22(31)27-10-9-25(4,23(32)34-27)24(27,2)3/h5-8H,9-18H2,1-4H3/t25-,27+/m0/s1. The molecule has 0 aromatic heterocycles. The van der Waals surface area contributed by atoms with Gasteiger partial charge in [-0.1, -0.05) is 32.0 Å². The van der Waals surface area contributed by atoms with Crippen molar-refractivity contribution in [2.75, 3.05) is 32.8 Å². The highest BCUT2D eigenvalue weighted by molar-refractivity contribution is 5.96. The Hall–Kier alpha value is -2.57. The molecule has 2 amide bonds. The number of hydrogen-bond acceptors (Lipinski definition) is 5. The smallest absolute Gasteiger partial charge is 0.313 e. The number of hydrogen-bond donors (Lipinski definition) is 0. The summed E-state index contributed by atoms with van der Waals surface area (Å²) in [6.07, 6.45) is 3.99. The molecule has 1 aromatic rings. The summed E-state index contributed by atoms with van der Waals surface area (Å²) in [5.74, 6) is 0.500. The number of para-hydroxylation sites is 1. The molecule has 3 saturated heterocycles. The predicted octanol–water partition coefficient (Wildman–Crippen LogP) is 3.34. The Morgan fingerprint density at radius 3 is 2.21 bits per heavy atom. The van der Waals surface area contributed by atoms with Gasteiger partial charge >= 0.3 is 5.97 Å². The number of carbonyl (C=O) groups excluding carboxylic acids is 3. The van der Waals surface area contributed by atoms with Crippen LogP contribution in [0.5, 0.6) is 5.75 Å². The van der Waals surface area contributed by atoms with E-state index in [0.717, 1.165) is 30.6 Å². The number of nitrogens with zero attached hydrogens (tertiary/aromatic N) is 2. The number of fused-ring (bicyclic) bond motifs is 2. The molecule has 1 aromatic carbocycles. The zero-order valence-electron chi connectivity index (χ0n) is 20.8. The summed E-state index contributed by atoms with van der Waals surface area (Å²) in [5, 5.41) is 0. The summed E-state index contributed by atoms with van der Waals surface area (Å²) >= 11 is 0. The second-order valence-corrected chi connectivity index (χ2v) is 11.6. The lowest BCUT2D eigenvalue weighted by atomic mass is 9.66. The van der Waals surface area contributed by atoms with Gasteiger partial charge in [0.25, 0.3) is 11.8 Å². The first-order valence-electron chi connectivity index (χ1n) is 12.5. The van der Waals surface area contributed by atoms with Crippen molar-refractivity contribution >= 4 is 17.8 Å². The van der Waals surface area contributed by atoms with E-state index in [1.807, 2.05) is 61.8 Å². The van der Waals surface area contributed by atoms with Gasteiger partial charge in [-0.15, -0.1) is 0 Å². The highest BCUT2D eigenvalue weighted by Gasteiger charge is 2.76. The van der Waals surface area contributed by atoms with Crippen molar-refractivity contribution in [1.82, 2.24) is 9.80 Å². The Bertz CT molecular complexity index is 1030. The summed E-state index contributed by atoms with van der Waals surface area (Å²) in [4.78, 5) is 42.9. The molecule has 0 N–H and O–H groups in total. The SMILES string of the molecule is Cc1ccccc1OCC(=O)N1CCC2(CC1)CCN(C(=O)[C@@]13CC[C@@](C)(C(=O)O1)C3(C)C)C2. The number of piperidine rings is 1. The van der Waals surface area contributed by atoms with Gasteiger partial charge in [-0.2, -0.15) is 0 Å². The number of amides is 2. The lowest BCUT2D eigenvalue weighted by Crippen LogP contribution is -2.55. The number of rotatable bonds is 4. The summed E-state index contributed by atoms with van der Waals surface area (Å²) in [6, 6.07) is 7.71. The van der Waals surface area contributed by atoms with Crippen molar-refractivity contribution in [2.45, 2.75) is 65.4 Å². The maximum atomic E-state index is 13.7. The van der Waals surface area contributed by atoms with Crippen LogP contribution in [0.2, 0.25) is 0 Å². The average molecular weight is 469 g/mol. The van der Waals surface area contributed by atoms with Gasteiger partial charge in [-0.25, -0.2) is 0 Å². The molecule has 7 heteroatoms. The van der Waals surface area contributed by atoms with E-state index in [2.05, 4.69) is 0 Å². The Balaban J connectivity index is 1.18. The molecule has 3 aliphatic heterocycles. The van der Waals surface area contributed by atoms with Crippen LogP contribution in [0.3, 0.4) is 0 Å². The quantitative estimate of drug-likeness (QED) is 0.634. The number of aryl methyl sites for hydroxylation is 1. The van der Waals surface area contributed by atoms with E-state index >= 15 is 0 Å². The number of likely N-dealkylation sites (tertiary alicyclic amines) is 2. The lowest BCUT2D eigenvalue weighted by Gasteiger charge is -2.41. The van der Waals surface area contributed by atoms with Crippen LogP contribution in [0, 0.1) is 23.2 Å². The molecule has 4 aliphatic rings. The van der Waals surface area contributed by atoms with Crippen LogP contribution in [-0.4, -0.2) is 66.0 Å². The minimum absolute atomic E-state index is 0.00720. The van der Waals surface area contributed by atoms with Crippen molar-refractivity contribution in [1.29, 1.82) is 0 Å². The molecule has 1 spiro atoms. The van der Waals surface area contributed by atoms with E-state index < -0.39 is 16.4 Å². The van der Waals surface area contributed by atoms with Crippen LogP contribution in [0.1, 0.15) is 58.4 Å². The van der Waals surface area contributed by atoms with Gasteiger partial charge in [0.05, 0.1) is 5.41 Å². The van der Waals surface area contributed by atoms with E-state index in [-0.39, 0.29) is 29.8 Å². The maximum Gasteiger partial charge on any atom is 0.313 e. The van der Waals surface area contributed by atoms with Crippen molar-refractivity contribution in [3.05, 3.63) is 29.8 Å². The zero-order valence-corrected chi connectivity index (χ0v) is 20.8. The van der Waals surface area contributed by atoms with E-state index in [9.17, 15) is 14.4 Å². The molecule has 1 saturated carbocycles. The second kappa shape index (κ2) is 7.72. The predicted molar refractivity (Wildman–Crippen MR) is 126 cm³/mol. The highest BCUT2D eigenvalue weighted by Crippen LogP contribution is 2.66. The van der Waals surface area contributed by atoms with Crippen LogP contribution in [-0.2, 0) is 19.1 Å². The molecule has 4 fully saturated rings. The molecule has 5 rings (SSSR count). The third kappa shape index (κ3) is 3.18. The van der Waals surface area contributed by atoms with Gasteiger partial charge in [-0.3, -0.25) is 14.4 Å². The van der Waals surface area contributed by atoms with E-state index in [1.165, 1.54) is 0 Å². The number of esters is 1. The Labute approximate surface area is 201 Å². The van der Waals surface area contributed by atoms with Crippen LogP contribution in [0.25, 0.3) is 0 Å². The lowest BCUT2D eigenvalue weighted by molar-refractivity contribution is -0.173. The Morgan fingerprint density at radius 2 is 1.62 bits per heavy atom. The fraction of sp³-hybridized carbons (Fsp3) is 0.667. The molecular formula is C27H36N2O5. The van der Waals surface area contributed by atoms with Crippen molar-refractivity contribution < 1.29 is 23.9 Å². The molecule has 0 unspecified atom stereocenters. The van der Waals surface area contributed by atoms with Gasteiger partial charge < -0.3 is 19.3 Å². The molecule has 0 radical (unpaired) electrons. The summed E-state index contributed by atoms with van der Waals surface area (Å²) < 4.78 is 11.6. The first-order chi connectivity index (χ1) is 16.0. The summed E-state index contributed by atoms with van der Waals surface area (Å²) in [5.41, 5.74) is -1.09. The number of ether oxygens (including phenoxy) is 2. The summed E-state index contributed by atoms with van der Waals surface area (Å²) in [7, 11) is 0. The maximum absolute atomic E-state index is 13.7. The Morgan fingerprint density at radius 1 is 0.971 bits per heavy atom. The van der Waals surface area contributed by atoms with Crippen molar-refractivity contribution in [2.24, 2.45) is 16.2 Å². The fourth-order valence-electron chi connectivity index (χ4n) is 6.67. The van der Waals surface area contributed by atoms with Gasteiger partial charge in [-0.05, 0) is 63.0 Å². The first kappa shape index (κ1) is 23.2. The van der Waals surface area contributed by atoms with Gasteiger partial charge in [0.15, 0.2) is 12.2 Å². The zero-order chi connectivity index (χ0) is 24.4. The van der Waals surface area contributed by atoms with Gasteiger partial charge in [0, 0.05) is 31.6 Å². The minimum Gasteiger partial charge on any atom is -0.484 e. The topological polar surface area (TPSA) is 76.2 Å². The van der Waals surface area contributed by atoms with Crippen molar-refractivity contribution in [3.8, 4) is 5.75 Å². The molecule has 34 heavy (non-hydrogen) atoms. The van der Waals surface area contributed by atoms with Gasteiger partial charge in [0.2, 0.25) is 0 Å². The van der Waals surface area contributed by atoms with Crippen LogP contribution >= 0.6 is 0 Å². The van der Waals surface area contributed by atoms with E-state index in [1.54, 1.807) is 0 Å². The molecular weight excluding hydrogens is 432 g/mol. The molecule has 184 valence electrons. The van der Waals surface area contributed by atoms with E-state index in [0.29, 0.717) is 39.0 Å². The third-order valence-corrected chi connectivity index (χ3v) is 9.78. The van der Waals surface area contributed by atoms with Crippen LogP contribution in [0.15, 0.2) is 24.3 Å². The largest absolute Gasteiger partial charge is 0.484 e. The van der Waals surface area contributed by atoms with Crippen LogP contribution < -0.4 is 4.74 Å². The Kier molecular flexibility index (Phi) is 5.26. The molecule has 2 bridgehead atoms. The second-order valence-electron chi connectivity index (χ2n) is 11.6. The number of benzene rings is 1. The first-order valence-corrected chi connectivity index (χ1v) is 12.5. The van der Waals surface area contributed by atoms with Crippen LogP contribution in [0.4, 0.5) is 0 Å². The monoisotopic (exact) mass is 468 g/mol. The number of carbonyl (C=O) groups is 3. The van der Waals surface area contributed by atoms with E-state index in [4.69, 9.17) is 9.47 Å². The molecule has 3 heterocycles. The molecule has 2 atom stereocenters. The summed E-state index contributed by atoms with van der Waals surface area (Å²) in [6.45, 7) is 10.7. The third-order valence-electron chi connectivity index (χ3n) is 9.78. The van der Waals surface area contributed by atoms with Crippen molar-refractivity contribution in [3.63, 3.8) is 0 Å². The molecule has 7 nitrogen and oxygen atoms in total.